The molecule has 2 bridgehead atoms. The van der Waals surface area contributed by atoms with Crippen LogP contribution in [0, 0.1) is 5.92 Å². The Morgan fingerprint density at radius 2 is 1.55 bits per heavy atom. The van der Waals surface area contributed by atoms with Gasteiger partial charge in [0.15, 0.2) is 0 Å². The second kappa shape index (κ2) is 9.58. The highest BCUT2D eigenvalue weighted by Crippen LogP contribution is 2.40. The molecule has 4 aliphatic rings. The Kier molecular flexibility index (Phi) is 6.23. The lowest BCUT2D eigenvalue weighted by molar-refractivity contribution is 0.00578. The van der Waals surface area contributed by atoms with Crippen LogP contribution >= 0.6 is 0 Å². The molecule has 2 saturated heterocycles. The number of rotatable bonds is 5. The molecule has 5 nitrogen and oxygen atoms in total. The Morgan fingerprint density at radius 3 is 2.23 bits per heavy atom. The van der Waals surface area contributed by atoms with Crippen molar-refractivity contribution in [3.05, 3.63) is 65.7 Å². The molecule has 0 spiro atoms. The predicted molar refractivity (Wildman–Crippen MR) is 166 cm³/mol. The summed E-state index contributed by atoms with van der Waals surface area (Å²) in [4.78, 5) is 4.89. The van der Waals surface area contributed by atoms with Crippen molar-refractivity contribution in [1.82, 2.24) is 5.32 Å². The molecule has 206 valence electrons. The Bertz CT molecular complexity index is 1480. The quantitative estimate of drug-likeness (QED) is 0.299. The van der Waals surface area contributed by atoms with E-state index in [1.807, 2.05) is 7.05 Å². The Morgan fingerprint density at radius 1 is 0.875 bits per heavy atom. The molecule has 0 aromatic heterocycles. The number of fused-ring (bicyclic) bond motifs is 5. The van der Waals surface area contributed by atoms with E-state index in [0.717, 1.165) is 35.6 Å². The maximum Gasteiger partial charge on any atom is 0.494 e. The molecule has 2 aliphatic heterocycles. The van der Waals surface area contributed by atoms with Gasteiger partial charge in [0.2, 0.25) is 0 Å². The van der Waals surface area contributed by atoms with Gasteiger partial charge in [0, 0.05) is 25.3 Å². The summed E-state index contributed by atoms with van der Waals surface area (Å²) in [6.45, 7) is 8.43. The van der Waals surface area contributed by atoms with Gasteiger partial charge in [0.1, 0.15) is 0 Å². The normalized spacial score (nSPS) is 25.8. The first-order valence-electron chi connectivity index (χ1n) is 14.9. The molecule has 2 heterocycles. The van der Waals surface area contributed by atoms with E-state index in [1.54, 1.807) is 0 Å². The Labute approximate surface area is 238 Å². The van der Waals surface area contributed by atoms with Crippen LogP contribution in [0.5, 0.6) is 0 Å². The van der Waals surface area contributed by atoms with Gasteiger partial charge in [-0.15, -0.1) is 0 Å². The number of nitrogens with one attached hydrogen (secondary N) is 2. The molecule has 7 rings (SSSR count). The van der Waals surface area contributed by atoms with Gasteiger partial charge in [-0.1, -0.05) is 42.5 Å². The third kappa shape index (κ3) is 4.41. The minimum absolute atomic E-state index is 0.322. The molecule has 3 aromatic carbocycles. The zero-order valence-corrected chi connectivity index (χ0v) is 24.4. The first kappa shape index (κ1) is 26.0. The second-order valence-corrected chi connectivity index (χ2v) is 13.1. The summed E-state index contributed by atoms with van der Waals surface area (Å²) in [6, 6.07) is 21.3. The molecular weight excluding hydrogens is 493 g/mol. The van der Waals surface area contributed by atoms with Crippen LogP contribution in [-0.2, 0) is 22.2 Å². The molecule has 3 fully saturated rings. The molecule has 3 unspecified atom stereocenters. The molecule has 40 heavy (non-hydrogen) atoms. The smallest absolute Gasteiger partial charge is 0.399 e. The highest BCUT2D eigenvalue weighted by atomic mass is 16.7. The number of nitrogens with zero attached hydrogens (tertiary/aromatic N) is 1. The summed E-state index contributed by atoms with van der Waals surface area (Å²) >= 11 is 0. The lowest BCUT2D eigenvalue weighted by atomic mass is 9.75. The summed E-state index contributed by atoms with van der Waals surface area (Å²) in [6.07, 6.45) is 8.13. The summed E-state index contributed by atoms with van der Waals surface area (Å²) in [5.74, 6) is 0.752. The number of piperidine rings is 1. The van der Waals surface area contributed by atoms with Gasteiger partial charge >= 0.3 is 7.12 Å². The van der Waals surface area contributed by atoms with Crippen molar-refractivity contribution in [2.75, 3.05) is 12.4 Å². The van der Waals surface area contributed by atoms with Gasteiger partial charge in [0.25, 0.3) is 0 Å². The molecule has 2 aliphatic carbocycles. The Hall–Kier alpha value is -2.93. The molecule has 2 N–H and O–H groups in total. The number of aryl methyl sites for hydroxylation is 2. The van der Waals surface area contributed by atoms with E-state index < -0.39 is 0 Å². The van der Waals surface area contributed by atoms with Crippen molar-refractivity contribution in [3.8, 4) is 22.3 Å². The first-order chi connectivity index (χ1) is 19.2. The minimum Gasteiger partial charge on any atom is -0.399 e. The van der Waals surface area contributed by atoms with Gasteiger partial charge in [-0.25, -0.2) is 0 Å². The standard InChI is InChI=1S/C34H40BN3O2/c1-33(2)34(3,4)40-35(39-33)26-11-14-29-24(17-26)7-6-23-16-21(9-13-28(23)29)22-10-15-30(31(19-22)36-5)37-20-32-25-8-12-27(18-25)38-32/h9-11,13-17,19-20,25,27,32,36,38H,6-8,12,18H2,1-5H3. The van der Waals surface area contributed by atoms with E-state index in [1.165, 1.54) is 52.6 Å². The fraction of sp³-hybridized carbons (Fsp3) is 0.441. The fourth-order valence-electron chi connectivity index (χ4n) is 6.98. The van der Waals surface area contributed by atoms with Crippen LogP contribution in [0.2, 0.25) is 0 Å². The van der Waals surface area contributed by atoms with Gasteiger partial charge < -0.3 is 19.9 Å². The number of benzene rings is 3. The van der Waals surface area contributed by atoms with Crippen molar-refractivity contribution in [3.63, 3.8) is 0 Å². The average Bonchev–Trinajstić information content (AvgIpc) is 3.63. The van der Waals surface area contributed by atoms with Gasteiger partial charge in [0.05, 0.1) is 22.6 Å². The van der Waals surface area contributed by atoms with Crippen molar-refractivity contribution in [2.45, 2.75) is 83.1 Å². The van der Waals surface area contributed by atoms with Gasteiger partial charge in [-0.3, -0.25) is 4.99 Å². The number of anilines is 1. The van der Waals surface area contributed by atoms with Gasteiger partial charge in [-0.05, 0) is 117 Å². The molecular formula is C34H40BN3O2. The van der Waals surface area contributed by atoms with E-state index in [-0.39, 0.29) is 18.3 Å². The number of hydrogen-bond acceptors (Lipinski definition) is 5. The van der Waals surface area contributed by atoms with E-state index in [4.69, 9.17) is 14.3 Å². The third-order valence-electron chi connectivity index (χ3n) is 10.1. The van der Waals surface area contributed by atoms with Crippen LogP contribution in [0.4, 0.5) is 11.4 Å². The SMILES string of the molecule is CNc1cc(-c2ccc3c(c2)CCc2cc(B4OC(C)(C)C(C)(C)O4)ccc2-3)ccc1N=CC1NC2CCC1C2. The summed E-state index contributed by atoms with van der Waals surface area (Å²) < 4.78 is 12.6. The van der Waals surface area contributed by atoms with Crippen molar-refractivity contribution < 1.29 is 9.31 Å². The van der Waals surface area contributed by atoms with E-state index >= 15 is 0 Å². The van der Waals surface area contributed by atoms with Crippen molar-refractivity contribution in [2.24, 2.45) is 10.9 Å². The molecule has 0 amide bonds. The van der Waals surface area contributed by atoms with Crippen LogP contribution in [-0.4, -0.2) is 43.7 Å². The van der Waals surface area contributed by atoms with Crippen molar-refractivity contribution in [1.29, 1.82) is 0 Å². The molecule has 6 heteroatoms. The summed E-state index contributed by atoms with van der Waals surface area (Å²) in [5, 5.41) is 7.09. The lowest BCUT2D eigenvalue weighted by Gasteiger charge is -2.32. The van der Waals surface area contributed by atoms with E-state index in [2.05, 4.69) is 99.1 Å². The van der Waals surface area contributed by atoms with Gasteiger partial charge in [-0.2, -0.15) is 0 Å². The zero-order chi connectivity index (χ0) is 27.6. The first-order valence-corrected chi connectivity index (χ1v) is 14.9. The largest absolute Gasteiger partial charge is 0.494 e. The predicted octanol–water partition coefficient (Wildman–Crippen LogP) is 6.30. The van der Waals surface area contributed by atoms with E-state index in [0.29, 0.717) is 12.1 Å². The average molecular weight is 534 g/mol. The monoisotopic (exact) mass is 533 g/mol. The summed E-state index contributed by atoms with van der Waals surface area (Å²) in [5.41, 5.74) is 10.4. The maximum absolute atomic E-state index is 6.32. The summed E-state index contributed by atoms with van der Waals surface area (Å²) in [7, 11) is 1.66. The fourth-order valence-corrected chi connectivity index (χ4v) is 6.98. The van der Waals surface area contributed by atoms with Crippen molar-refractivity contribution >= 4 is 30.2 Å². The lowest BCUT2D eigenvalue weighted by Crippen LogP contribution is -2.41. The molecule has 0 radical (unpaired) electrons. The van der Waals surface area contributed by atoms with Crippen LogP contribution in [0.1, 0.15) is 58.1 Å². The molecule has 3 atom stereocenters. The second-order valence-electron chi connectivity index (χ2n) is 13.1. The van der Waals surface area contributed by atoms with Crippen LogP contribution in [0.15, 0.2) is 59.6 Å². The number of hydrogen-bond donors (Lipinski definition) is 2. The third-order valence-corrected chi connectivity index (χ3v) is 10.1. The highest BCUT2D eigenvalue weighted by Gasteiger charge is 2.51. The number of aliphatic imine (C=N–C) groups is 1. The Balaban J connectivity index is 1.12. The van der Waals surface area contributed by atoms with Crippen LogP contribution in [0.3, 0.4) is 0 Å². The van der Waals surface area contributed by atoms with E-state index in [9.17, 15) is 0 Å². The molecule has 3 aromatic rings. The molecule has 1 saturated carbocycles. The topological polar surface area (TPSA) is 54.9 Å². The van der Waals surface area contributed by atoms with Crippen LogP contribution < -0.4 is 16.1 Å². The minimum atomic E-state index is -0.332. The zero-order valence-electron chi connectivity index (χ0n) is 24.4. The maximum atomic E-state index is 6.32. The van der Waals surface area contributed by atoms with Crippen LogP contribution in [0.25, 0.3) is 22.3 Å². The highest BCUT2D eigenvalue weighted by molar-refractivity contribution is 6.62.